The van der Waals surface area contributed by atoms with Gasteiger partial charge >= 0.3 is 264 Å². The van der Waals surface area contributed by atoms with E-state index in [4.69, 9.17) is 12.2 Å². The molecule has 1 heterocycles. The molecule has 5 aromatic carbocycles. The van der Waals surface area contributed by atoms with Crippen molar-refractivity contribution in [3.63, 3.8) is 0 Å². The average molecular weight is 687 g/mol. The molecule has 0 atom stereocenters. The van der Waals surface area contributed by atoms with E-state index in [1.807, 2.05) is 115 Å². The molecule has 6 rings (SSSR count). The number of nitrogens with zero attached hydrogens (tertiary/aromatic N) is 2. The number of carbonyl (C=O) groups excluding carboxylic acids is 2. The molecule has 212 valence electrons. The first-order chi connectivity index (χ1) is 21.1. The molecule has 0 N–H and O–H groups in total. The predicted octanol–water partition coefficient (Wildman–Crippen LogP) is 7.52. The maximum absolute atomic E-state index is 15.0. The maximum atomic E-state index is 15.0. The minimum atomic E-state index is -4.07. The van der Waals surface area contributed by atoms with Gasteiger partial charge in [-0.1, -0.05) is 0 Å². The molecular weight excluding hydrogens is 655 g/mol. The van der Waals surface area contributed by atoms with E-state index in [0.29, 0.717) is 11.4 Å². The fourth-order valence-corrected chi connectivity index (χ4v) is 22.2. The summed E-state index contributed by atoms with van der Waals surface area (Å²) in [6.07, 6.45) is 0. The SMILES string of the molecule is O=C1[CH]([Sn]([CH2]c2ccccc2)([CH2]c2ccccc2)[CH2]c2ccccc2)C(=O)N(c2ccccc2)C(=S)N1c1ccccc1. The van der Waals surface area contributed by atoms with Gasteiger partial charge in [0.1, 0.15) is 0 Å². The second-order valence-corrected chi connectivity index (χ2v) is 23.9. The molecule has 0 aliphatic carbocycles. The average Bonchev–Trinajstić information content (AvgIpc) is 3.03. The zero-order valence-electron chi connectivity index (χ0n) is 23.8. The number of rotatable bonds is 9. The third-order valence-corrected chi connectivity index (χ3v) is 23.0. The predicted molar refractivity (Wildman–Crippen MR) is 180 cm³/mol. The van der Waals surface area contributed by atoms with Crippen LogP contribution in [0, 0.1) is 0 Å². The van der Waals surface area contributed by atoms with Crippen molar-refractivity contribution in [2.45, 2.75) is 17.2 Å². The molecule has 43 heavy (non-hydrogen) atoms. The molecule has 6 heteroatoms. The Labute approximate surface area is 262 Å². The van der Waals surface area contributed by atoms with Crippen LogP contribution in [0.5, 0.6) is 0 Å². The van der Waals surface area contributed by atoms with Gasteiger partial charge in [0.2, 0.25) is 0 Å². The molecule has 0 radical (unpaired) electrons. The van der Waals surface area contributed by atoms with Gasteiger partial charge in [0.05, 0.1) is 0 Å². The molecule has 0 bridgehead atoms. The summed E-state index contributed by atoms with van der Waals surface area (Å²) in [5, 5.41) is 0.197. The van der Waals surface area contributed by atoms with Crippen molar-refractivity contribution >= 4 is 58.9 Å². The van der Waals surface area contributed by atoms with E-state index in [9.17, 15) is 9.59 Å². The van der Waals surface area contributed by atoms with Gasteiger partial charge in [-0.25, -0.2) is 0 Å². The first-order valence-electron chi connectivity index (χ1n) is 14.5. The van der Waals surface area contributed by atoms with Gasteiger partial charge in [-0.05, 0) is 0 Å². The van der Waals surface area contributed by atoms with Crippen LogP contribution in [0.3, 0.4) is 0 Å². The normalized spacial score (nSPS) is 14.3. The standard InChI is InChI=1S/C16H11N2O2S.3C7H7.Sn/c19-14-11-15(20)18(13-9-5-2-6-10-13)16(21)17(14)12-7-3-1-4-8-12;3*1-7-5-3-2-4-6-7;/h1-11H;3*2-6H,1H2;. The molecule has 1 aliphatic rings. The van der Waals surface area contributed by atoms with Crippen molar-refractivity contribution in [1.82, 2.24) is 0 Å². The molecule has 2 amide bonds. The fourth-order valence-electron chi connectivity index (χ4n) is 6.31. The third-order valence-electron chi connectivity index (χ3n) is 8.16. The van der Waals surface area contributed by atoms with Gasteiger partial charge in [0, 0.05) is 0 Å². The Hall–Kier alpha value is -4.07. The summed E-state index contributed by atoms with van der Waals surface area (Å²) in [6.45, 7) is 0. The molecular formula is C37H32N2O2SSn. The molecule has 1 fully saturated rings. The Morgan fingerprint density at radius 1 is 0.465 bits per heavy atom. The van der Waals surface area contributed by atoms with Crippen LogP contribution >= 0.6 is 12.2 Å². The zero-order valence-corrected chi connectivity index (χ0v) is 27.4. The van der Waals surface area contributed by atoms with Crippen LogP contribution in [0.1, 0.15) is 16.7 Å². The zero-order chi connectivity index (χ0) is 29.6. The summed E-state index contributed by atoms with van der Waals surface area (Å²) in [5.74, 6) is -0.404. The topological polar surface area (TPSA) is 40.6 Å². The van der Waals surface area contributed by atoms with Gasteiger partial charge in [-0.15, -0.1) is 0 Å². The number of hydrogen-bond donors (Lipinski definition) is 0. The van der Waals surface area contributed by atoms with Crippen LogP contribution in [-0.2, 0) is 22.9 Å². The van der Waals surface area contributed by atoms with Gasteiger partial charge < -0.3 is 0 Å². The monoisotopic (exact) mass is 688 g/mol. The first kappa shape index (κ1) is 29.0. The summed E-state index contributed by atoms with van der Waals surface area (Å²) < 4.78 is 1.40. The van der Waals surface area contributed by atoms with Gasteiger partial charge in [-0.3, -0.25) is 0 Å². The molecule has 1 saturated heterocycles. The number of hydrogen-bond acceptors (Lipinski definition) is 3. The Kier molecular flexibility index (Phi) is 8.82. The van der Waals surface area contributed by atoms with Gasteiger partial charge in [-0.2, -0.15) is 0 Å². The minimum absolute atomic E-state index is 0.197. The fraction of sp³-hybridized carbons (Fsp3) is 0.108. The van der Waals surface area contributed by atoms with Crippen molar-refractivity contribution in [2.24, 2.45) is 0 Å². The van der Waals surface area contributed by atoms with Crippen molar-refractivity contribution in [3.8, 4) is 0 Å². The van der Waals surface area contributed by atoms with E-state index < -0.39 is 22.3 Å². The molecule has 4 nitrogen and oxygen atoms in total. The molecule has 1 aliphatic heterocycles. The third kappa shape index (κ3) is 6.19. The number of para-hydroxylation sites is 2. The van der Waals surface area contributed by atoms with Crippen molar-refractivity contribution in [1.29, 1.82) is 0 Å². The molecule has 0 unspecified atom stereocenters. The van der Waals surface area contributed by atoms with Crippen LogP contribution in [0.4, 0.5) is 11.4 Å². The molecule has 5 aromatic rings. The summed E-state index contributed by atoms with van der Waals surface area (Å²) >= 11 is 1.90. The number of carbonyl (C=O) groups is 2. The Balaban J connectivity index is 1.59. The van der Waals surface area contributed by atoms with Crippen LogP contribution in [0.2, 0.25) is 3.93 Å². The van der Waals surface area contributed by atoms with Crippen molar-refractivity contribution in [3.05, 3.63) is 168 Å². The second kappa shape index (κ2) is 13.1. The Bertz CT molecular complexity index is 1540. The van der Waals surface area contributed by atoms with Crippen molar-refractivity contribution in [2.75, 3.05) is 9.80 Å². The Morgan fingerprint density at radius 2 is 0.744 bits per heavy atom. The van der Waals surface area contributed by atoms with E-state index in [1.54, 1.807) is 9.80 Å². The van der Waals surface area contributed by atoms with Gasteiger partial charge in [0.15, 0.2) is 0 Å². The number of anilines is 2. The van der Waals surface area contributed by atoms with E-state index in [-0.39, 0.29) is 16.9 Å². The summed E-state index contributed by atoms with van der Waals surface area (Å²) in [5.41, 5.74) is 4.84. The number of amides is 2. The van der Waals surface area contributed by atoms with E-state index in [1.165, 1.54) is 0 Å². The quantitative estimate of drug-likeness (QED) is 0.0916. The number of benzene rings is 5. The van der Waals surface area contributed by atoms with Crippen molar-refractivity contribution < 1.29 is 9.59 Å². The Morgan fingerprint density at radius 3 is 1.05 bits per heavy atom. The molecule has 0 spiro atoms. The summed E-state index contributed by atoms with van der Waals surface area (Å²) in [4.78, 5) is 33.2. The van der Waals surface area contributed by atoms with E-state index >= 15 is 0 Å². The van der Waals surface area contributed by atoms with Crippen LogP contribution in [0.25, 0.3) is 0 Å². The summed E-state index contributed by atoms with van der Waals surface area (Å²) in [6, 6.07) is 50.1. The van der Waals surface area contributed by atoms with E-state index in [0.717, 1.165) is 30.0 Å². The van der Waals surface area contributed by atoms with Gasteiger partial charge in [0.25, 0.3) is 0 Å². The second-order valence-electron chi connectivity index (χ2n) is 11.1. The van der Waals surface area contributed by atoms with E-state index in [2.05, 4.69) is 36.4 Å². The summed E-state index contributed by atoms with van der Waals surface area (Å²) in [7, 11) is 0. The first-order valence-corrected chi connectivity index (χ1v) is 22.6. The van der Waals surface area contributed by atoms with Crippen LogP contribution in [0.15, 0.2) is 152 Å². The molecule has 0 saturated carbocycles. The molecule has 0 aromatic heterocycles. The van der Waals surface area contributed by atoms with Crippen LogP contribution < -0.4 is 9.80 Å². The number of thiocarbonyl (C=S) groups is 1. The van der Waals surface area contributed by atoms with Crippen LogP contribution in [-0.4, -0.2) is 35.3 Å².